The third-order valence-electron chi connectivity index (χ3n) is 3.39. The second-order valence-corrected chi connectivity index (χ2v) is 5.16. The zero-order chi connectivity index (χ0) is 17.8. The van der Waals surface area contributed by atoms with E-state index in [4.69, 9.17) is 9.84 Å². The molecule has 1 aromatic carbocycles. The first-order valence-electron chi connectivity index (χ1n) is 7.40. The molecule has 0 saturated heterocycles. The molecule has 0 fully saturated rings. The van der Waals surface area contributed by atoms with Gasteiger partial charge in [0.1, 0.15) is 18.0 Å². The molecule has 25 heavy (non-hydrogen) atoms. The number of rotatable bonds is 5. The van der Waals surface area contributed by atoms with Crippen LogP contribution in [0, 0.1) is 5.82 Å². The lowest BCUT2D eigenvalue weighted by atomic mass is 10.1. The topological polar surface area (TPSA) is 104 Å². The van der Waals surface area contributed by atoms with Crippen LogP contribution in [-0.2, 0) is 0 Å². The van der Waals surface area contributed by atoms with Crippen molar-refractivity contribution in [1.82, 2.24) is 9.97 Å². The van der Waals surface area contributed by atoms with Crippen molar-refractivity contribution in [3.63, 3.8) is 0 Å². The minimum absolute atomic E-state index is 0.113. The number of aromatic nitrogens is 2. The molecule has 2 aromatic heterocycles. The summed E-state index contributed by atoms with van der Waals surface area (Å²) in [5, 5.41) is 11.6. The highest BCUT2D eigenvalue weighted by Gasteiger charge is 2.13. The molecule has 0 aliphatic rings. The Morgan fingerprint density at radius 1 is 1.28 bits per heavy atom. The van der Waals surface area contributed by atoms with Crippen LogP contribution in [0.5, 0.6) is 5.88 Å². The van der Waals surface area contributed by atoms with Gasteiger partial charge in [0.2, 0.25) is 5.88 Å². The molecule has 7 nitrogen and oxygen atoms in total. The van der Waals surface area contributed by atoms with Gasteiger partial charge in [-0.05, 0) is 30.3 Å². The van der Waals surface area contributed by atoms with Gasteiger partial charge in [-0.3, -0.25) is 9.59 Å². The number of carbonyl (C=O) groups excluding carboxylic acids is 1. The molecule has 0 radical (unpaired) electrons. The maximum atomic E-state index is 13.3. The van der Waals surface area contributed by atoms with E-state index in [2.05, 4.69) is 15.3 Å². The van der Waals surface area contributed by atoms with E-state index in [-0.39, 0.29) is 18.8 Å². The van der Waals surface area contributed by atoms with Crippen molar-refractivity contribution in [1.29, 1.82) is 0 Å². The summed E-state index contributed by atoms with van der Waals surface area (Å²) in [6.07, 6.45) is 1.36. The zero-order valence-electron chi connectivity index (χ0n) is 13.0. The van der Waals surface area contributed by atoms with Crippen molar-refractivity contribution < 1.29 is 19.0 Å². The quantitative estimate of drug-likeness (QED) is 0.654. The fourth-order valence-electron chi connectivity index (χ4n) is 2.23. The molecule has 8 heteroatoms. The van der Waals surface area contributed by atoms with Crippen LogP contribution in [0.15, 0.2) is 47.4 Å². The van der Waals surface area contributed by atoms with Gasteiger partial charge in [-0.15, -0.1) is 0 Å². The summed E-state index contributed by atoms with van der Waals surface area (Å²) in [5.74, 6) is -0.808. The normalized spacial score (nSPS) is 10.6. The third kappa shape index (κ3) is 3.81. The molecule has 0 atom stereocenters. The lowest BCUT2D eigenvalue weighted by molar-refractivity contribution is 0.102. The number of carbonyl (C=O) groups is 1. The van der Waals surface area contributed by atoms with Gasteiger partial charge in [-0.25, -0.2) is 9.37 Å². The van der Waals surface area contributed by atoms with Gasteiger partial charge in [-0.2, -0.15) is 0 Å². The Hall–Kier alpha value is -3.26. The Kier molecular flexibility index (Phi) is 4.71. The maximum absolute atomic E-state index is 13.3. The van der Waals surface area contributed by atoms with E-state index in [0.717, 1.165) is 0 Å². The first-order valence-corrected chi connectivity index (χ1v) is 7.40. The first-order chi connectivity index (χ1) is 12.1. The summed E-state index contributed by atoms with van der Waals surface area (Å²) >= 11 is 0. The van der Waals surface area contributed by atoms with E-state index in [1.54, 1.807) is 6.07 Å². The smallest absolute Gasteiger partial charge is 0.261 e. The van der Waals surface area contributed by atoms with Gasteiger partial charge in [0, 0.05) is 17.0 Å². The molecule has 0 aliphatic heterocycles. The van der Waals surface area contributed by atoms with Crippen LogP contribution >= 0.6 is 0 Å². The number of hydrogen-bond acceptors (Lipinski definition) is 5. The number of hydrogen-bond donors (Lipinski definition) is 3. The highest BCUT2D eigenvalue weighted by molar-refractivity contribution is 6.05. The van der Waals surface area contributed by atoms with Crippen molar-refractivity contribution in [2.75, 3.05) is 18.5 Å². The van der Waals surface area contributed by atoms with Gasteiger partial charge in [0.15, 0.2) is 0 Å². The minimum atomic E-state index is -0.641. The lowest BCUT2D eigenvalue weighted by Crippen LogP contribution is -2.23. The number of fused-ring (bicyclic) bond motifs is 1. The molecule has 2 heterocycles. The van der Waals surface area contributed by atoms with Gasteiger partial charge in [0.05, 0.1) is 18.5 Å². The van der Waals surface area contributed by atoms with Crippen LogP contribution in [0.1, 0.15) is 10.4 Å². The highest BCUT2D eigenvalue weighted by Crippen LogP contribution is 2.15. The number of pyridine rings is 2. The molecule has 0 aliphatic carbocycles. The highest BCUT2D eigenvalue weighted by atomic mass is 19.1. The van der Waals surface area contributed by atoms with E-state index >= 15 is 0 Å². The number of benzene rings is 1. The lowest BCUT2D eigenvalue weighted by Gasteiger charge is -2.07. The molecule has 3 rings (SSSR count). The summed E-state index contributed by atoms with van der Waals surface area (Å²) in [7, 11) is 0. The Bertz CT molecular complexity index is 970. The molecule has 3 N–H and O–H groups in total. The molecule has 0 unspecified atom stereocenters. The molecule has 1 amide bonds. The number of amides is 1. The van der Waals surface area contributed by atoms with Gasteiger partial charge < -0.3 is 20.1 Å². The number of anilines is 1. The Morgan fingerprint density at radius 2 is 2.12 bits per heavy atom. The van der Waals surface area contributed by atoms with Crippen LogP contribution in [0.4, 0.5) is 10.1 Å². The molecular formula is C17H14FN3O4. The number of aromatic amines is 1. The Labute approximate surface area is 141 Å². The van der Waals surface area contributed by atoms with Crippen LogP contribution in [-0.4, -0.2) is 34.2 Å². The molecule has 3 aromatic rings. The largest absolute Gasteiger partial charge is 0.475 e. The van der Waals surface area contributed by atoms with Crippen molar-refractivity contribution >= 4 is 22.5 Å². The number of nitrogens with one attached hydrogen (secondary N) is 2. The van der Waals surface area contributed by atoms with Gasteiger partial charge in [0.25, 0.3) is 11.5 Å². The van der Waals surface area contributed by atoms with E-state index in [0.29, 0.717) is 22.5 Å². The molecule has 0 bridgehead atoms. The van der Waals surface area contributed by atoms with Crippen LogP contribution in [0.25, 0.3) is 10.9 Å². The van der Waals surface area contributed by atoms with Crippen molar-refractivity contribution in [3.8, 4) is 5.88 Å². The van der Waals surface area contributed by atoms with Crippen molar-refractivity contribution in [3.05, 3.63) is 64.3 Å². The summed E-state index contributed by atoms with van der Waals surface area (Å²) in [6.45, 7) is -0.0206. The Morgan fingerprint density at radius 3 is 2.84 bits per heavy atom. The number of halogens is 1. The van der Waals surface area contributed by atoms with Crippen LogP contribution in [0.2, 0.25) is 0 Å². The molecule has 0 spiro atoms. The van der Waals surface area contributed by atoms with Crippen LogP contribution in [0.3, 0.4) is 0 Å². The summed E-state index contributed by atoms with van der Waals surface area (Å²) in [4.78, 5) is 30.9. The monoisotopic (exact) mass is 343 g/mol. The predicted octanol–water partition coefficient (Wildman–Crippen LogP) is 1.69. The average molecular weight is 343 g/mol. The maximum Gasteiger partial charge on any atom is 0.261 e. The Balaban J connectivity index is 1.82. The second kappa shape index (κ2) is 7.10. The predicted molar refractivity (Wildman–Crippen MR) is 89.3 cm³/mol. The van der Waals surface area contributed by atoms with Crippen molar-refractivity contribution in [2.45, 2.75) is 0 Å². The van der Waals surface area contributed by atoms with E-state index in [1.165, 1.54) is 36.5 Å². The van der Waals surface area contributed by atoms with Gasteiger partial charge >= 0.3 is 0 Å². The minimum Gasteiger partial charge on any atom is -0.475 e. The average Bonchev–Trinajstić information content (AvgIpc) is 2.61. The second-order valence-electron chi connectivity index (χ2n) is 5.16. The van der Waals surface area contributed by atoms with E-state index in [9.17, 15) is 14.0 Å². The van der Waals surface area contributed by atoms with Gasteiger partial charge in [-0.1, -0.05) is 0 Å². The zero-order valence-corrected chi connectivity index (χ0v) is 13.0. The number of ether oxygens (including phenoxy) is 1. The van der Waals surface area contributed by atoms with Crippen LogP contribution < -0.4 is 15.6 Å². The summed E-state index contributed by atoms with van der Waals surface area (Å²) in [6, 6.07) is 8.29. The third-order valence-corrected chi connectivity index (χ3v) is 3.39. The fraction of sp³-hybridized carbons (Fsp3) is 0.118. The van der Waals surface area contributed by atoms with E-state index in [1.807, 2.05) is 0 Å². The first kappa shape index (κ1) is 16.6. The standard InChI is InChI=1S/C17H14FN3O4/c18-11-1-3-14-10(7-11)8-13(17(24)21-14)16(23)20-12-2-4-15(19-9-12)25-6-5-22/h1-4,7-9,22H,5-6H2,(H,20,23)(H,21,24). The van der Waals surface area contributed by atoms with E-state index < -0.39 is 17.3 Å². The number of aliphatic hydroxyl groups excluding tert-OH is 1. The SMILES string of the molecule is O=C(Nc1ccc(OCCO)nc1)c1cc2cc(F)ccc2[nH]c1=O. The van der Waals surface area contributed by atoms with Crippen molar-refractivity contribution in [2.24, 2.45) is 0 Å². The molecule has 0 saturated carbocycles. The molecule has 128 valence electrons. The summed E-state index contributed by atoms with van der Waals surface area (Å²) in [5.41, 5.74) is 0.0845. The fourth-order valence-corrected chi connectivity index (χ4v) is 2.23. The molecular weight excluding hydrogens is 329 g/mol. The number of H-pyrrole nitrogens is 1. The number of aliphatic hydroxyl groups is 1. The summed E-state index contributed by atoms with van der Waals surface area (Å²) < 4.78 is 18.4. The number of nitrogens with zero attached hydrogens (tertiary/aromatic N) is 1.